The summed E-state index contributed by atoms with van der Waals surface area (Å²) >= 11 is 0. The standard InChI is InChI=1S/C16H16F2N2O/c17-11-5-10(6-12(18)7-11)14-15(21-20-16(14)19)13-4-8-1-2-9(13)3-8/h5-9,13H,1-4H2,(H2,19,20). The van der Waals surface area contributed by atoms with Crippen molar-refractivity contribution >= 4 is 5.82 Å². The molecule has 0 radical (unpaired) electrons. The third kappa shape index (κ3) is 2.03. The van der Waals surface area contributed by atoms with E-state index in [1.54, 1.807) is 0 Å². The molecule has 2 aliphatic carbocycles. The lowest BCUT2D eigenvalue weighted by Crippen LogP contribution is -2.09. The van der Waals surface area contributed by atoms with Gasteiger partial charge in [0.1, 0.15) is 17.4 Å². The Morgan fingerprint density at radius 3 is 2.48 bits per heavy atom. The largest absolute Gasteiger partial charge is 0.380 e. The van der Waals surface area contributed by atoms with E-state index in [2.05, 4.69) is 5.16 Å². The van der Waals surface area contributed by atoms with Crippen LogP contribution in [-0.4, -0.2) is 5.16 Å². The van der Waals surface area contributed by atoms with Crippen LogP contribution >= 0.6 is 0 Å². The number of nitrogens with zero attached hydrogens (tertiary/aromatic N) is 1. The molecule has 2 fully saturated rings. The van der Waals surface area contributed by atoms with Gasteiger partial charge in [0.25, 0.3) is 0 Å². The maximum atomic E-state index is 13.5. The Kier molecular flexibility index (Phi) is 2.77. The summed E-state index contributed by atoms with van der Waals surface area (Å²) in [6.07, 6.45) is 4.73. The van der Waals surface area contributed by atoms with E-state index < -0.39 is 11.6 Å². The smallest absolute Gasteiger partial charge is 0.175 e. The summed E-state index contributed by atoms with van der Waals surface area (Å²) in [7, 11) is 0. The molecule has 0 amide bonds. The zero-order valence-corrected chi connectivity index (χ0v) is 11.5. The van der Waals surface area contributed by atoms with Gasteiger partial charge >= 0.3 is 0 Å². The number of nitrogens with two attached hydrogens (primary N) is 1. The molecule has 0 saturated heterocycles. The van der Waals surface area contributed by atoms with Gasteiger partial charge in [-0.1, -0.05) is 11.6 Å². The summed E-state index contributed by atoms with van der Waals surface area (Å²) in [5.74, 6) is 1.26. The molecule has 2 aliphatic rings. The Labute approximate surface area is 121 Å². The van der Waals surface area contributed by atoms with E-state index in [1.807, 2.05) is 0 Å². The van der Waals surface area contributed by atoms with Crippen LogP contribution in [0, 0.1) is 23.5 Å². The van der Waals surface area contributed by atoms with E-state index >= 15 is 0 Å². The molecule has 3 unspecified atom stereocenters. The monoisotopic (exact) mass is 290 g/mol. The lowest BCUT2D eigenvalue weighted by atomic mass is 9.84. The van der Waals surface area contributed by atoms with Crippen LogP contribution in [-0.2, 0) is 0 Å². The molecule has 21 heavy (non-hydrogen) atoms. The molecule has 0 spiro atoms. The Bertz CT molecular complexity index is 677. The second-order valence-electron chi connectivity index (χ2n) is 6.25. The van der Waals surface area contributed by atoms with Crippen LogP contribution in [0.5, 0.6) is 0 Å². The van der Waals surface area contributed by atoms with E-state index in [-0.39, 0.29) is 11.7 Å². The average Bonchev–Trinajstić information content (AvgIpc) is 3.11. The first kappa shape index (κ1) is 12.8. The molecule has 2 N–H and O–H groups in total. The molecule has 1 heterocycles. The summed E-state index contributed by atoms with van der Waals surface area (Å²) < 4.78 is 32.4. The van der Waals surface area contributed by atoms with Crippen molar-refractivity contribution in [2.24, 2.45) is 11.8 Å². The quantitative estimate of drug-likeness (QED) is 0.905. The molecule has 4 rings (SSSR count). The third-order valence-corrected chi connectivity index (χ3v) is 4.97. The van der Waals surface area contributed by atoms with Gasteiger partial charge < -0.3 is 10.3 Å². The van der Waals surface area contributed by atoms with Gasteiger partial charge in [0.2, 0.25) is 0 Å². The van der Waals surface area contributed by atoms with Crippen LogP contribution < -0.4 is 5.73 Å². The molecule has 3 nitrogen and oxygen atoms in total. The number of hydrogen-bond donors (Lipinski definition) is 1. The number of nitrogen functional groups attached to an aromatic ring is 1. The fraction of sp³-hybridized carbons (Fsp3) is 0.438. The maximum absolute atomic E-state index is 13.5. The maximum Gasteiger partial charge on any atom is 0.175 e. The fourth-order valence-corrected chi connectivity index (χ4v) is 4.12. The Balaban J connectivity index is 1.80. The number of halogens is 2. The SMILES string of the molecule is Nc1noc(C2CC3CCC2C3)c1-c1cc(F)cc(F)c1. The lowest BCUT2D eigenvalue weighted by molar-refractivity contribution is 0.312. The number of hydrogen-bond acceptors (Lipinski definition) is 3. The summed E-state index contributed by atoms with van der Waals surface area (Å²) in [4.78, 5) is 0. The van der Waals surface area contributed by atoms with Crippen molar-refractivity contribution in [1.82, 2.24) is 5.16 Å². The Morgan fingerprint density at radius 2 is 1.86 bits per heavy atom. The van der Waals surface area contributed by atoms with Crippen LogP contribution in [0.2, 0.25) is 0 Å². The Hall–Kier alpha value is -1.91. The van der Waals surface area contributed by atoms with Crippen molar-refractivity contribution < 1.29 is 13.3 Å². The van der Waals surface area contributed by atoms with Crippen molar-refractivity contribution in [3.63, 3.8) is 0 Å². The minimum Gasteiger partial charge on any atom is -0.380 e. The van der Waals surface area contributed by atoms with Crippen molar-refractivity contribution in [1.29, 1.82) is 0 Å². The van der Waals surface area contributed by atoms with Gasteiger partial charge in [-0.15, -0.1) is 0 Å². The molecule has 5 heteroatoms. The minimum atomic E-state index is -0.621. The van der Waals surface area contributed by atoms with Crippen LogP contribution in [0.1, 0.15) is 37.4 Å². The van der Waals surface area contributed by atoms with Crippen molar-refractivity contribution in [3.8, 4) is 11.1 Å². The third-order valence-electron chi connectivity index (χ3n) is 4.97. The topological polar surface area (TPSA) is 52.0 Å². The molecule has 1 aromatic carbocycles. The second kappa shape index (κ2) is 4.55. The molecule has 1 aromatic heterocycles. The van der Waals surface area contributed by atoms with E-state index in [4.69, 9.17) is 10.3 Å². The summed E-state index contributed by atoms with van der Waals surface area (Å²) in [5.41, 5.74) is 6.86. The molecule has 2 saturated carbocycles. The molecular weight excluding hydrogens is 274 g/mol. The van der Waals surface area contributed by atoms with E-state index in [0.717, 1.165) is 18.4 Å². The van der Waals surface area contributed by atoms with Gasteiger partial charge in [0, 0.05) is 12.0 Å². The number of anilines is 1. The fourth-order valence-electron chi connectivity index (χ4n) is 4.12. The van der Waals surface area contributed by atoms with Gasteiger partial charge in [0.15, 0.2) is 5.82 Å². The minimum absolute atomic E-state index is 0.206. The highest BCUT2D eigenvalue weighted by molar-refractivity contribution is 5.76. The second-order valence-corrected chi connectivity index (χ2v) is 6.25. The highest BCUT2D eigenvalue weighted by Crippen LogP contribution is 2.54. The van der Waals surface area contributed by atoms with Crippen LogP contribution in [0.3, 0.4) is 0 Å². The zero-order chi connectivity index (χ0) is 14.6. The molecule has 3 atom stereocenters. The number of rotatable bonds is 2. The average molecular weight is 290 g/mol. The molecule has 2 bridgehead atoms. The van der Waals surface area contributed by atoms with E-state index in [0.29, 0.717) is 22.8 Å². The normalized spacial score (nSPS) is 27.4. The first-order valence-corrected chi connectivity index (χ1v) is 7.33. The van der Waals surface area contributed by atoms with Crippen molar-refractivity contribution in [3.05, 3.63) is 35.6 Å². The zero-order valence-electron chi connectivity index (χ0n) is 11.5. The molecule has 110 valence electrons. The van der Waals surface area contributed by atoms with Crippen LogP contribution in [0.15, 0.2) is 22.7 Å². The highest BCUT2D eigenvalue weighted by atomic mass is 19.1. The Morgan fingerprint density at radius 1 is 1.10 bits per heavy atom. The first-order valence-electron chi connectivity index (χ1n) is 7.33. The van der Waals surface area contributed by atoms with Gasteiger partial charge in [-0.05, 0) is 48.8 Å². The predicted molar refractivity (Wildman–Crippen MR) is 74.5 cm³/mol. The highest BCUT2D eigenvalue weighted by Gasteiger charge is 2.43. The van der Waals surface area contributed by atoms with Crippen molar-refractivity contribution in [2.45, 2.75) is 31.6 Å². The van der Waals surface area contributed by atoms with Gasteiger partial charge in [-0.3, -0.25) is 0 Å². The summed E-state index contributed by atoms with van der Waals surface area (Å²) in [6.45, 7) is 0. The van der Waals surface area contributed by atoms with E-state index in [1.165, 1.54) is 31.4 Å². The number of aromatic nitrogens is 1. The van der Waals surface area contributed by atoms with Crippen molar-refractivity contribution in [2.75, 3.05) is 5.73 Å². The summed E-state index contributed by atoms with van der Waals surface area (Å²) in [6, 6.07) is 3.41. The first-order chi connectivity index (χ1) is 10.1. The predicted octanol–water partition coefficient (Wildman–Crippen LogP) is 4.11. The number of benzene rings is 1. The van der Waals surface area contributed by atoms with Crippen LogP contribution in [0.25, 0.3) is 11.1 Å². The van der Waals surface area contributed by atoms with Gasteiger partial charge in [0.05, 0.1) is 5.56 Å². The molecule has 0 aliphatic heterocycles. The number of fused-ring (bicyclic) bond motifs is 2. The van der Waals surface area contributed by atoms with Gasteiger partial charge in [-0.25, -0.2) is 8.78 Å². The summed E-state index contributed by atoms with van der Waals surface area (Å²) in [5, 5.41) is 3.84. The van der Waals surface area contributed by atoms with Gasteiger partial charge in [-0.2, -0.15) is 0 Å². The van der Waals surface area contributed by atoms with E-state index in [9.17, 15) is 8.78 Å². The molecule has 2 aromatic rings. The lowest BCUT2D eigenvalue weighted by Gasteiger charge is -2.20. The molecular formula is C16H16F2N2O. The van der Waals surface area contributed by atoms with Crippen LogP contribution in [0.4, 0.5) is 14.6 Å².